The average molecular weight is 340 g/mol. The number of hydrogen-bond donors (Lipinski definition) is 2. The number of aryl methyl sites for hydroxylation is 2. The largest absolute Gasteiger partial charge is 0.452 e. The molecular weight excluding hydrogens is 320 g/mol. The molecule has 0 bridgehead atoms. The van der Waals surface area contributed by atoms with Crippen LogP contribution in [0.25, 0.3) is 0 Å². The quantitative estimate of drug-likeness (QED) is 0.819. The van der Waals surface area contributed by atoms with Crippen LogP contribution in [0.2, 0.25) is 0 Å². The van der Waals surface area contributed by atoms with E-state index < -0.39 is 18.5 Å². The fourth-order valence-electron chi connectivity index (χ4n) is 2.28. The molecule has 0 unspecified atom stereocenters. The van der Waals surface area contributed by atoms with Gasteiger partial charge in [0, 0.05) is 18.3 Å². The molecule has 0 aliphatic rings. The Bertz CT molecular complexity index is 815. The van der Waals surface area contributed by atoms with Gasteiger partial charge in [0.2, 0.25) is 5.91 Å². The summed E-state index contributed by atoms with van der Waals surface area (Å²) in [6, 6.07) is 12.0. The molecular formula is C19H20N2O4. The zero-order chi connectivity index (χ0) is 18.4. The van der Waals surface area contributed by atoms with Gasteiger partial charge in [-0.25, -0.2) is 4.79 Å². The van der Waals surface area contributed by atoms with Crippen LogP contribution in [0, 0.1) is 13.8 Å². The number of amides is 2. The van der Waals surface area contributed by atoms with E-state index in [0.29, 0.717) is 11.4 Å². The van der Waals surface area contributed by atoms with Crippen molar-refractivity contribution in [2.45, 2.75) is 20.8 Å². The van der Waals surface area contributed by atoms with E-state index in [-0.39, 0.29) is 11.5 Å². The highest BCUT2D eigenvalue weighted by molar-refractivity contribution is 5.97. The summed E-state index contributed by atoms with van der Waals surface area (Å²) in [5.41, 5.74) is 3.45. The third kappa shape index (κ3) is 5.46. The summed E-state index contributed by atoms with van der Waals surface area (Å²) in [5.74, 6) is -1.29. The van der Waals surface area contributed by atoms with Gasteiger partial charge in [0.15, 0.2) is 6.61 Å². The SMILES string of the molecule is CC(=O)Nc1cccc(C(=O)OCC(=O)Nc2ccc(C)cc2C)c1. The first-order valence-corrected chi connectivity index (χ1v) is 7.77. The van der Waals surface area contributed by atoms with Gasteiger partial charge in [-0.3, -0.25) is 9.59 Å². The van der Waals surface area contributed by atoms with E-state index in [2.05, 4.69) is 10.6 Å². The summed E-state index contributed by atoms with van der Waals surface area (Å²) in [5, 5.41) is 5.29. The van der Waals surface area contributed by atoms with Gasteiger partial charge in [-0.2, -0.15) is 0 Å². The summed E-state index contributed by atoms with van der Waals surface area (Å²) >= 11 is 0. The van der Waals surface area contributed by atoms with E-state index in [4.69, 9.17) is 4.74 Å². The van der Waals surface area contributed by atoms with Crippen LogP contribution in [0.1, 0.15) is 28.4 Å². The van der Waals surface area contributed by atoms with Gasteiger partial charge >= 0.3 is 5.97 Å². The first-order chi connectivity index (χ1) is 11.8. The topological polar surface area (TPSA) is 84.5 Å². The lowest BCUT2D eigenvalue weighted by molar-refractivity contribution is -0.119. The lowest BCUT2D eigenvalue weighted by Gasteiger charge is -2.10. The van der Waals surface area contributed by atoms with E-state index in [0.717, 1.165) is 11.1 Å². The molecule has 0 atom stereocenters. The molecule has 0 fully saturated rings. The van der Waals surface area contributed by atoms with Gasteiger partial charge in [-0.1, -0.05) is 23.8 Å². The van der Waals surface area contributed by atoms with E-state index in [1.807, 2.05) is 26.0 Å². The van der Waals surface area contributed by atoms with Gasteiger partial charge in [-0.15, -0.1) is 0 Å². The number of rotatable bonds is 5. The smallest absolute Gasteiger partial charge is 0.338 e. The predicted molar refractivity (Wildman–Crippen MR) is 95.6 cm³/mol. The van der Waals surface area contributed by atoms with Crippen LogP contribution in [-0.4, -0.2) is 24.4 Å². The third-order valence-electron chi connectivity index (χ3n) is 3.41. The summed E-state index contributed by atoms with van der Waals surface area (Å²) in [6.45, 7) is 4.84. The minimum absolute atomic E-state index is 0.238. The molecule has 0 aliphatic carbocycles. The maximum absolute atomic E-state index is 12.0. The highest BCUT2D eigenvalue weighted by Crippen LogP contribution is 2.16. The van der Waals surface area contributed by atoms with Crippen molar-refractivity contribution in [3.8, 4) is 0 Å². The molecule has 0 saturated carbocycles. The van der Waals surface area contributed by atoms with Gasteiger partial charge in [0.1, 0.15) is 0 Å². The van der Waals surface area contributed by atoms with Crippen LogP contribution in [0.15, 0.2) is 42.5 Å². The van der Waals surface area contributed by atoms with Crippen LogP contribution in [0.4, 0.5) is 11.4 Å². The van der Waals surface area contributed by atoms with E-state index in [1.165, 1.54) is 13.0 Å². The second-order valence-electron chi connectivity index (χ2n) is 5.70. The Morgan fingerprint density at radius 3 is 2.44 bits per heavy atom. The molecule has 0 heterocycles. The fraction of sp³-hybridized carbons (Fsp3) is 0.211. The Hall–Kier alpha value is -3.15. The van der Waals surface area contributed by atoms with Crippen molar-refractivity contribution in [3.63, 3.8) is 0 Å². The molecule has 2 amide bonds. The molecule has 6 heteroatoms. The number of benzene rings is 2. The molecule has 6 nitrogen and oxygen atoms in total. The Morgan fingerprint density at radius 1 is 1.00 bits per heavy atom. The van der Waals surface area contributed by atoms with E-state index >= 15 is 0 Å². The second-order valence-corrected chi connectivity index (χ2v) is 5.70. The van der Waals surface area contributed by atoms with Crippen LogP contribution >= 0.6 is 0 Å². The number of carbonyl (C=O) groups is 3. The molecule has 0 spiro atoms. The second kappa shape index (κ2) is 8.10. The first-order valence-electron chi connectivity index (χ1n) is 7.77. The summed E-state index contributed by atoms with van der Waals surface area (Å²) in [7, 11) is 0. The van der Waals surface area contributed by atoms with Crippen molar-refractivity contribution in [2.24, 2.45) is 0 Å². The maximum Gasteiger partial charge on any atom is 0.338 e. The molecule has 2 aromatic rings. The van der Waals surface area contributed by atoms with Gasteiger partial charge in [0.05, 0.1) is 5.56 Å². The van der Waals surface area contributed by atoms with Crippen molar-refractivity contribution in [2.75, 3.05) is 17.2 Å². The highest BCUT2D eigenvalue weighted by atomic mass is 16.5. The lowest BCUT2D eigenvalue weighted by Crippen LogP contribution is -2.21. The predicted octanol–water partition coefficient (Wildman–Crippen LogP) is 3.06. The molecule has 0 saturated heterocycles. The van der Waals surface area contributed by atoms with E-state index in [1.54, 1.807) is 24.3 Å². The molecule has 0 aliphatic heterocycles. The number of esters is 1. The first kappa shape index (κ1) is 18.2. The summed E-state index contributed by atoms with van der Waals surface area (Å²) in [6.07, 6.45) is 0. The maximum atomic E-state index is 12.0. The molecule has 2 aromatic carbocycles. The van der Waals surface area contributed by atoms with Crippen molar-refractivity contribution in [1.82, 2.24) is 0 Å². The number of hydrogen-bond acceptors (Lipinski definition) is 4. The minimum atomic E-state index is -0.636. The zero-order valence-corrected chi connectivity index (χ0v) is 14.4. The Kier molecular flexibility index (Phi) is 5.89. The number of ether oxygens (including phenoxy) is 1. The van der Waals surface area contributed by atoms with Crippen LogP contribution in [-0.2, 0) is 14.3 Å². The highest BCUT2D eigenvalue weighted by Gasteiger charge is 2.12. The van der Waals surface area contributed by atoms with Crippen LogP contribution in [0.5, 0.6) is 0 Å². The third-order valence-corrected chi connectivity index (χ3v) is 3.41. The van der Waals surface area contributed by atoms with Crippen molar-refractivity contribution in [3.05, 3.63) is 59.2 Å². The normalized spacial score (nSPS) is 10.0. The van der Waals surface area contributed by atoms with Crippen LogP contribution < -0.4 is 10.6 Å². The van der Waals surface area contributed by atoms with Crippen molar-refractivity contribution >= 4 is 29.2 Å². The number of carbonyl (C=O) groups excluding carboxylic acids is 3. The molecule has 2 N–H and O–H groups in total. The fourth-order valence-corrected chi connectivity index (χ4v) is 2.28. The minimum Gasteiger partial charge on any atom is -0.452 e. The number of nitrogens with one attached hydrogen (secondary N) is 2. The Balaban J connectivity index is 1.93. The zero-order valence-electron chi connectivity index (χ0n) is 14.4. The van der Waals surface area contributed by atoms with Crippen molar-refractivity contribution < 1.29 is 19.1 Å². The lowest BCUT2D eigenvalue weighted by atomic mass is 10.1. The summed E-state index contributed by atoms with van der Waals surface area (Å²) in [4.78, 5) is 35.0. The molecule has 0 aromatic heterocycles. The van der Waals surface area contributed by atoms with E-state index in [9.17, 15) is 14.4 Å². The van der Waals surface area contributed by atoms with Gasteiger partial charge < -0.3 is 15.4 Å². The monoisotopic (exact) mass is 340 g/mol. The van der Waals surface area contributed by atoms with Gasteiger partial charge in [-0.05, 0) is 43.7 Å². The molecule has 0 radical (unpaired) electrons. The molecule has 25 heavy (non-hydrogen) atoms. The van der Waals surface area contributed by atoms with Gasteiger partial charge in [0.25, 0.3) is 5.91 Å². The Labute approximate surface area is 146 Å². The molecule has 2 rings (SSSR count). The number of anilines is 2. The van der Waals surface area contributed by atoms with Crippen LogP contribution in [0.3, 0.4) is 0 Å². The summed E-state index contributed by atoms with van der Waals surface area (Å²) < 4.78 is 5.02. The standard InChI is InChI=1S/C19H20N2O4/c1-12-7-8-17(13(2)9-12)21-18(23)11-25-19(24)15-5-4-6-16(10-15)20-14(3)22/h4-10H,11H2,1-3H3,(H,20,22)(H,21,23). The molecule has 130 valence electrons. The average Bonchev–Trinajstić information content (AvgIpc) is 2.55. The Morgan fingerprint density at radius 2 is 1.76 bits per heavy atom. The van der Waals surface area contributed by atoms with Crippen molar-refractivity contribution in [1.29, 1.82) is 0 Å².